The van der Waals surface area contributed by atoms with Gasteiger partial charge in [0.25, 0.3) is 0 Å². The Bertz CT molecular complexity index is 1110. The largest absolute Gasteiger partial charge is 0.478 e. The molecule has 150 valence electrons. The Hall–Kier alpha value is -2.92. The molecular weight excluding hydrogens is 384 g/mol. The van der Waals surface area contributed by atoms with Gasteiger partial charge in [-0.3, -0.25) is 0 Å². The molecule has 3 rings (SSSR count). The maximum absolute atomic E-state index is 11.6. The van der Waals surface area contributed by atoms with Crippen molar-refractivity contribution in [3.05, 3.63) is 69.8 Å². The van der Waals surface area contributed by atoms with Gasteiger partial charge in [-0.05, 0) is 96.5 Å². The van der Waals surface area contributed by atoms with Crippen molar-refractivity contribution in [3.63, 3.8) is 0 Å². The van der Waals surface area contributed by atoms with E-state index < -0.39 is 11.9 Å². The van der Waals surface area contributed by atoms with Crippen molar-refractivity contribution < 1.29 is 19.8 Å². The summed E-state index contributed by atoms with van der Waals surface area (Å²) in [5.41, 5.74) is 6.36. The summed E-state index contributed by atoms with van der Waals surface area (Å²) in [6, 6.07) is 11.5. The highest BCUT2D eigenvalue weighted by Gasteiger charge is 2.17. The van der Waals surface area contributed by atoms with Crippen molar-refractivity contribution in [2.45, 2.75) is 40.5 Å². The summed E-state index contributed by atoms with van der Waals surface area (Å²) in [6.45, 7) is 7.78. The molecule has 0 aliphatic carbocycles. The van der Waals surface area contributed by atoms with Crippen LogP contribution in [0.3, 0.4) is 0 Å². The number of carboxylic acid groups (broad SMARTS) is 2. The summed E-state index contributed by atoms with van der Waals surface area (Å²) in [6.07, 6.45) is 1.40. The SMILES string of the molecule is CCc1cc(-c2ccc(-c3c(C)cc(C(=O)O)cc3CC)s2)cc(C)c1C(=O)O. The molecule has 5 heteroatoms. The van der Waals surface area contributed by atoms with Gasteiger partial charge in [0.2, 0.25) is 0 Å². The van der Waals surface area contributed by atoms with Crippen LogP contribution in [0.4, 0.5) is 0 Å². The second-order valence-electron chi connectivity index (χ2n) is 7.14. The monoisotopic (exact) mass is 408 g/mol. The number of aromatic carboxylic acids is 2. The van der Waals surface area contributed by atoms with Gasteiger partial charge < -0.3 is 10.2 Å². The highest BCUT2D eigenvalue weighted by atomic mass is 32.1. The molecule has 0 amide bonds. The first kappa shape index (κ1) is 20.8. The standard InChI is InChI=1S/C24H24O4S/c1-5-15-12-18(23(25)26)10-13(3)21(15)20-8-7-19(29-20)17-9-14(4)22(24(27)28)16(6-2)11-17/h7-12H,5-6H2,1-4H3,(H,25,26)(H,27,28). The van der Waals surface area contributed by atoms with E-state index in [9.17, 15) is 19.8 Å². The van der Waals surface area contributed by atoms with Crippen LogP contribution in [0.1, 0.15) is 56.8 Å². The molecule has 0 spiro atoms. The summed E-state index contributed by atoms with van der Waals surface area (Å²) in [7, 11) is 0. The van der Waals surface area contributed by atoms with E-state index in [1.807, 2.05) is 39.8 Å². The predicted molar refractivity (Wildman–Crippen MR) is 117 cm³/mol. The van der Waals surface area contributed by atoms with E-state index in [0.29, 0.717) is 17.5 Å². The Kier molecular flexibility index (Phi) is 5.89. The van der Waals surface area contributed by atoms with Gasteiger partial charge in [-0.1, -0.05) is 13.8 Å². The molecule has 1 heterocycles. The first-order valence-electron chi connectivity index (χ1n) is 9.61. The van der Waals surface area contributed by atoms with Crippen molar-refractivity contribution >= 4 is 23.3 Å². The van der Waals surface area contributed by atoms with Crippen molar-refractivity contribution in [3.8, 4) is 20.9 Å². The quantitative estimate of drug-likeness (QED) is 0.508. The number of hydrogen-bond acceptors (Lipinski definition) is 3. The molecule has 2 aromatic carbocycles. The molecule has 0 saturated heterocycles. The fourth-order valence-corrected chi connectivity index (χ4v) is 4.97. The fourth-order valence-electron chi connectivity index (χ4n) is 3.83. The second kappa shape index (κ2) is 8.21. The van der Waals surface area contributed by atoms with E-state index in [-0.39, 0.29) is 0 Å². The summed E-state index contributed by atoms with van der Waals surface area (Å²) in [4.78, 5) is 25.1. The smallest absolute Gasteiger partial charge is 0.336 e. The van der Waals surface area contributed by atoms with Gasteiger partial charge in [-0.25, -0.2) is 9.59 Å². The van der Waals surface area contributed by atoms with Gasteiger partial charge in [-0.2, -0.15) is 0 Å². The molecule has 0 saturated carbocycles. The van der Waals surface area contributed by atoms with Gasteiger partial charge in [0.1, 0.15) is 0 Å². The van der Waals surface area contributed by atoms with Crippen molar-refractivity contribution in [1.29, 1.82) is 0 Å². The van der Waals surface area contributed by atoms with E-state index in [0.717, 1.165) is 49.6 Å². The third kappa shape index (κ3) is 3.96. The zero-order valence-electron chi connectivity index (χ0n) is 17.0. The maximum atomic E-state index is 11.6. The average molecular weight is 409 g/mol. The first-order chi connectivity index (χ1) is 13.8. The number of hydrogen-bond donors (Lipinski definition) is 2. The lowest BCUT2D eigenvalue weighted by atomic mass is 9.95. The van der Waals surface area contributed by atoms with Crippen LogP contribution in [-0.4, -0.2) is 22.2 Å². The van der Waals surface area contributed by atoms with Gasteiger partial charge in [0.05, 0.1) is 11.1 Å². The van der Waals surface area contributed by atoms with Crippen molar-refractivity contribution in [1.82, 2.24) is 0 Å². The molecule has 0 radical (unpaired) electrons. The molecule has 0 aliphatic heterocycles. The molecule has 0 aliphatic rings. The Morgan fingerprint density at radius 2 is 1.48 bits per heavy atom. The van der Waals surface area contributed by atoms with Crippen LogP contribution >= 0.6 is 11.3 Å². The van der Waals surface area contributed by atoms with Gasteiger partial charge in [-0.15, -0.1) is 11.3 Å². The minimum atomic E-state index is -0.915. The minimum Gasteiger partial charge on any atom is -0.478 e. The van der Waals surface area contributed by atoms with E-state index in [4.69, 9.17) is 0 Å². The van der Waals surface area contributed by atoms with Crippen LogP contribution < -0.4 is 0 Å². The third-order valence-electron chi connectivity index (χ3n) is 5.19. The van der Waals surface area contributed by atoms with Gasteiger partial charge in [0, 0.05) is 9.75 Å². The highest BCUT2D eigenvalue weighted by Crippen LogP contribution is 2.39. The zero-order chi connectivity index (χ0) is 21.3. The molecule has 4 nitrogen and oxygen atoms in total. The predicted octanol–water partition coefficient (Wildman–Crippen LogP) is 6.22. The molecule has 2 N–H and O–H groups in total. The average Bonchev–Trinajstić information content (AvgIpc) is 3.15. The number of carboxylic acids is 2. The third-order valence-corrected chi connectivity index (χ3v) is 6.35. The number of thiophene rings is 1. The summed E-state index contributed by atoms with van der Waals surface area (Å²) in [5, 5.41) is 18.8. The number of benzene rings is 2. The molecule has 0 unspecified atom stereocenters. The Morgan fingerprint density at radius 1 is 0.828 bits per heavy atom. The van der Waals surface area contributed by atoms with Crippen LogP contribution in [0, 0.1) is 13.8 Å². The molecule has 1 aromatic heterocycles. The zero-order valence-corrected chi connectivity index (χ0v) is 17.8. The van der Waals surface area contributed by atoms with Crippen LogP contribution in [0.5, 0.6) is 0 Å². The number of rotatable bonds is 6. The molecule has 3 aromatic rings. The second-order valence-corrected chi connectivity index (χ2v) is 8.22. The van der Waals surface area contributed by atoms with Crippen molar-refractivity contribution in [2.75, 3.05) is 0 Å². The maximum Gasteiger partial charge on any atom is 0.336 e. The van der Waals surface area contributed by atoms with E-state index in [2.05, 4.69) is 12.1 Å². The Morgan fingerprint density at radius 3 is 2.07 bits per heavy atom. The lowest BCUT2D eigenvalue weighted by Gasteiger charge is -2.12. The fraction of sp³-hybridized carbons (Fsp3) is 0.250. The minimum absolute atomic E-state index is 0.312. The van der Waals surface area contributed by atoms with Crippen LogP contribution in [0.15, 0.2) is 36.4 Å². The van der Waals surface area contributed by atoms with Crippen LogP contribution in [0.25, 0.3) is 20.9 Å². The van der Waals surface area contributed by atoms with Crippen LogP contribution in [0.2, 0.25) is 0 Å². The normalized spacial score (nSPS) is 10.9. The van der Waals surface area contributed by atoms with Gasteiger partial charge >= 0.3 is 11.9 Å². The summed E-state index contributed by atoms with van der Waals surface area (Å²) >= 11 is 1.64. The first-order valence-corrected chi connectivity index (χ1v) is 10.4. The van der Waals surface area contributed by atoms with Crippen LogP contribution in [-0.2, 0) is 12.8 Å². The Balaban J connectivity index is 2.10. The van der Waals surface area contributed by atoms with E-state index >= 15 is 0 Å². The number of carbonyl (C=O) groups is 2. The molecule has 29 heavy (non-hydrogen) atoms. The van der Waals surface area contributed by atoms with E-state index in [1.165, 1.54) is 0 Å². The summed E-state index contributed by atoms with van der Waals surface area (Å²) < 4.78 is 0. The Labute approximate surface area is 174 Å². The van der Waals surface area contributed by atoms with Gasteiger partial charge in [0.15, 0.2) is 0 Å². The summed E-state index contributed by atoms with van der Waals surface area (Å²) in [5.74, 6) is -1.80. The molecular formula is C24H24O4S. The van der Waals surface area contributed by atoms with Crippen molar-refractivity contribution in [2.24, 2.45) is 0 Å². The highest BCUT2D eigenvalue weighted by molar-refractivity contribution is 7.18. The van der Waals surface area contributed by atoms with E-state index in [1.54, 1.807) is 23.5 Å². The molecule has 0 fully saturated rings. The lowest BCUT2D eigenvalue weighted by Crippen LogP contribution is -2.05. The molecule has 0 bridgehead atoms. The lowest BCUT2D eigenvalue weighted by molar-refractivity contribution is 0.0685. The molecule has 0 atom stereocenters. The number of aryl methyl sites for hydroxylation is 4. The topological polar surface area (TPSA) is 74.6 Å².